The predicted molar refractivity (Wildman–Crippen MR) is 116 cm³/mol. The number of carbonyl (C=O) groups is 1. The number of carbonyl (C=O) groups excluding carboxylic acids is 1. The van der Waals surface area contributed by atoms with Gasteiger partial charge >= 0.3 is 5.63 Å². The van der Waals surface area contributed by atoms with Crippen molar-refractivity contribution in [2.24, 2.45) is 0 Å². The summed E-state index contributed by atoms with van der Waals surface area (Å²) in [5, 5.41) is 0.856. The highest BCUT2D eigenvalue weighted by atomic mass is 16.5. The molecule has 0 aliphatic carbocycles. The summed E-state index contributed by atoms with van der Waals surface area (Å²) in [6, 6.07) is 11.5. The molecular formula is C24H27NO4. The highest BCUT2D eigenvalue weighted by Gasteiger charge is 2.19. The molecule has 0 aliphatic rings. The Labute approximate surface area is 170 Å². The number of benzene rings is 2. The van der Waals surface area contributed by atoms with Gasteiger partial charge in [-0.1, -0.05) is 12.1 Å². The largest absolute Gasteiger partial charge is 0.497 e. The van der Waals surface area contributed by atoms with E-state index in [0.29, 0.717) is 29.9 Å². The standard InChI is InChI=1S/C24H27NO4/c1-6-25(21-13-15(2)7-8-16(21)3)23(26)12-11-20-17(4)19-10-9-18(28-5)14-22(19)29-24(20)27/h7-10,13-14H,6,11-12H2,1-5H3. The normalized spacial score (nSPS) is 10.9. The van der Waals surface area contributed by atoms with Crippen molar-refractivity contribution in [3.05, 3.63) is 69.1 Å². The third-order valence-electron chi connectivity index (χ3n) is 5.36. The Kier molecular flexibility index (Phi) is 6.06. The second-order valence-electron chi connectivity index (χ2n) is 7.28. The lowest BCUT2D eigenvalue weighted by Gasteiger charge is -2.23. The van der Waals surface area contributed by atoms with E-state index in [1.54, 1.807) is 18.1 Å². The Morgan fingerprint density at radius 1 is 1.10 bits per heavy atom. The second kappa shape index (κ2) is 8.52. The molecule has 0 atom stereocenters. The molecule has 3 rings (SSSR count). The van der Waals surface area contributed by atoms with E-state index in [0.717, 1.165) is 27.8 Å². The number of rotatable bonds is 6. The van der Waals surface area contributed by atoms with Crippen molar-refractivity contribution in [1.29, 1.82) is 0 Å². The number of nitrogens with zero attached hydrogens (tertiary/aromatic N) is 1. The molecule has 5 nitrogen and oxygen atoms in total. The Balaban J connectivity index is 1.86. The van der Waals surface area contributed by atoms with Gasteiger partial charge < -0.3 is 14.1 Å². The fourth-order valence-corrected chi connectivity index (χ4v) is 3.65. The van der Waals surface area contributed by atoms with E-state index in [1.807, 2.05) is 58.0 Å². The van der Waals surface area contributed by atoms with E-state index >= 15 is 0 Å². The fourth-order valence-electron chi connectivity index (χ4n) is 3.65. The van der Waals surface area contributed by atoms with Crippen LogP contribution in [-0.2, 0) is 11.2 Å². The van der Waals surface area contributed by atoms with Crippen LogP contribution < -0.4 is 15.3 Å². The molecule has 1 amide bonds. The minimum atomic E-state index is -0.397. The monoisotopic (exact) mass is 393 g/mol. The van der Waals surface area contributed by atoms with Gasteiger partial charge in [-0.25, -0.2) is 4.79 Å². The topological polar surface area (TPSA) is 59.8 Å². The molecule has 0 radical (unpaired) electrons. The minimum absolute atomic E-state index is 0.00479. The summed E-state index contributed by atoms with van der Waals surface area (Å²) in [7, 11) is 1.57. The number of methoxy groups -OCH3 is 1. The van der Waals surface area contributed by atoms with Gasteiger partial charge in [0.05, 0.1) is 7.11 Å². The molecule has 0 N–H and O–H groups in total. The maximum absolute atomic E-state index is 13.0. The molecule has 5 heteroatoms. The van der Waals surface area contributed by atoms with Crippen molar-refractivity contribution in [3.63, 3.8) is 0 Å². The Morgan fingerprint density at radius 2 is 1.86 bits per heavy atom. The molecule has 29 heavy (non-hydrogen) atoms. The molecule has 0 fully saturated rings. The molecule has 152 valence electrons. The number of fused-ring (bicyclic) bond motifs is 1. The van der Waals surface area contributed by atoms with E-state index in [-0.39, 0.29) is 12.3 Å². The van der Waals surface area contributed by atoms with E-state index in [4.69, 9.17) is 9.15 Å². The lowest BCUT2D eigenvalue weighted by Crippen LogP contribution is -2.32. The van der Waals surface area contributed by atoms with Crippen LogP contribution in [0.3, 0.4) is 0 Å². The Bertz CT molecular complexity index is 1110. The maximum Gasteiger partial charge on any atom is 0.339 e. The summed E-state index contributed by atoms with van der Waals surface area (Å²) in [5.41, 5.74) is 4.58. The zero-order valence-electron chi connectivity index (χ0n) is 17.7. The van der Waals surface area contributed by atoms with Crippen LogP contribution in [0.5, 0.6) is 5.75 Å². The summed E-state index contributed by atoms with van der Waals surface area (Å²) in [6.07, 6.45) is 0.588. The van der Waals surface area contributed by atoms with Crippen LogP contribution in [0.25, 0.3) is 11.0 Å². The number of hydrogen-bond acceptors (Lipinski definition) is 4. The molecule has 0 saturated heterocycles. The van der Waals surface area contributed by atoms with Gasteiger partial charge in [-0.05, 0) is 69.0 Å². The molecule has 1 aromatic heterocycles. The van der Waals surface area contributed by atoms with Gasteiger partial charge in [-0.15, -0.1) is 0 Å². The SMILES string of the molecule is CCN(C(=O)CCc1c(C)c2ccc(OC)cc2oc1=O)c1cc(C)ccc1C. The summed E-state index contributed by atoms with van der Waals surface area (Å²) in [5.74, 6) is 0.630. The third kappa shape index (κ3) is 4.19. The van der Waals surface area contributed by atoms with Crippen molar-refractivity contribution in [2.45, 2.75) is 40.5 Å². The number of ether oxygens (including phenoxy) is 1. The Hall–Kier alpha value is -3.08. The molecular weight excluding hydrogens is 366 g/mol. The van der Waals surface area contributed by atoms with Gasteiger partial charge in [0.25, 0.3) is 0 Å². The first-order valence-electron chi connectivity index (χ1n) is 9.83. The van der Waals surface area contributed by atoms with E-state index in [9.17, 15) is 9.59 Å². The number of amides is 1. The van der Waals surface area contributed by atoms with Crippen LogP contribution in [0.2, 0.25) is 0 Å². The first-order valence-corrected chi connectivity index (χ1v) is 9.83. The second-order valence-corrected chi connectivity index (χ2v) is 7.28. The van der Waals surface area contributed by atoms with Gasteiger partial charge in [0, 0.05) is 35.7 Å². The fraction of sp³-hybridized carbons (Fsp3) is 0.333. The minimum Gasteiger partial charge on any atom is -0.497 e. The summed E-state index contributed by atoms with van der Waals surface area (Å²) >= 11 is 0. The van der Waals surface area contributed by atoms with Crippen LogP contribution in [0, 0.1) is 20.8 Å². The molecule has 0 spiro atoms. The van der Waals surface area contributed by atoms with Crippen molar-refractivity contribution >= 4 is 22.6 Å². The molecule has 1 heterocycles. The van der Waals surface area contributed by atoms with Crippen LogP contribution in [0.4, 0.5) is 5.69 Å². The van der Waals surface area contributed by atoms with Crippen LogP contribution in [-0.4, -0.2) is 19.6 Å². The highest BCUT2D eigenvalue weighted by Crippen LogP contribution is 2.26. The van der Waals surface area contributed by atoms with Crippen molar-refractivity contribution in [3.8, 4) is 5.75 Å². The average molecular weight is 393 g/mol. The van der Waals surface area contributed by atoms with E-state index in [1.165, 1.54) is 0 Å². The number of anilines is 1. The highest BCUT2D eigenvalue weighted by molar-refractivity contribution is 5.94. The van der Waals surface area contributed by atoms with Gasteiger partial charge in [-0.2, -0.15) is 0 Å². The first-order chi connectivity index (χ1) is 13.8. The number of hydrogen-bond donors (Lipinski definition) is 0. The van der Waals surface area contributed by atoms with Crippen molar-refractivity contribution in [1.82, 2.24) is 0 Å². The molecule has 0 saturated carbocycles. The average Bonchev–Trinajstić information content (AvgIpc) is 2.70. The molecule has 0 unspecified atom stereocenters. The van der Waals surface area contributed by atoms with Crippen LogP contribution in [0.1, 0.15) is 35.6 Å². The van der Waals surface area contributed by atoms with E-state index in [2.05, 4.69) is 0 Å². The summed E-state index contributed by atoms with van der Waals surface area (Å²) in [6.45, 7) is 8.45. The molecule has 0 aliphatic heterocycles. The number of aryl methyl sites for hydroxylation is 3. The van der Waals surface area contributed by atoms with Crippen LogP contribution in [0.15, 0.2) is 45.6 Å². The van der Waals surface area contributed by atoms with Gasteiger partial charge in [0.2, 0.25) is 5.91 Å². The molecule has 3 aromatic rings. The zero-order chi connectivity index (χ0) is 21.1. The lowest BCUT2D eigenvalue weighted by atomic mass is 10.0. The predicted octanol–water partition coefficient (Wildman–Crippen LogP) is 4.71. The van der Waals surface area contributed by atoms with Gasteiger partial charge in [0.1, 0.15) is 11.3 Å². The van der Waals surface area contributed by atoms with Crippen molar-refractivity contribution in [2.75, 3.05) is 18.6 Å². The Morgan fingerprint density at radius 3 is 2.55 bits per heavy atom. The maximum atomic E-state index is 13.0. The van der Waals surface area contributed by atoms with Gasteiger partial charge in [0.15, 0.2) is 0 Å². The first kappa shape index (κ1) is 20.6. The van der Waals surface area contributed by atoms with Gasteiger partial charge in [-0.3, -0.25) is 4.79 Å². The third-order valence-corrected chi connectivity index (χ3v) is 5.36. The smallest absolute Gasteiger partial charge is 0.339 e. The zero-order valence-corrected chi connectivity index (χ0v) is 17.7. The quantitative estimate of drug-likeness (QED) is 0.569. The summed E-state index contributed by atoms with van der Waals surface area (Å²) in [4.78, 5) is 27.3. The van der Waals surface area contributed by atoms with Crippen molar-refractivity contribution < 1.29 is 13.9 Å². The van der Waals surface area contributed by atoms with E-state index < -0.39 is 5.63 Å². The molecule has 2 aromatic carbocycles. The molecule has 0 bridgehead atoms. The lowest BCUT2D eigenvalue weighted by molar-refractivity contribution is -0.118. The van der Waals surface area contributed by atoms with Crippen LogP contribution >= 0.6 is 0 Å². The summed E-state index contributed by atoms with van der Waals surface area (Å²) < 4.78 is 10.7.